The van der Waals surface area contributed by atoms with Crippen LogP contribution in [0, 0.1) is 17.3 Å². The molecule has 3 N–H and O–H groups in total. The normalized spacial score (nSPS) is 8.43. The van der Waals surface area contributed by atoms with E-state index in [-0.39, 0.29) is 11.2 Å². The van der Waals surface area contributed by atoms with E-state index < -0.39 is 0 Å². The van der Waals surface area contributed by atoms with E-state index in [2.05, 4.69) is 22.5 Å². The number of rotatable bonds is 2. The largest absolute Gasteiger partial charge is 0.337 e. The van der Waals surface area contributed by atoms with Crippen LogP contribution in [0.15, 0.2) is 0 Å². The van der Waals surface area contributed by atoms with E-state index in [0.29, 0.717) is 13.0 Å². The van der Waals surface area contributed by atoms with E-state index >= 15 is 0 Å². The first-order valence-corrected chi connectivity index (χ1v) is 5.56. The van der Waals surface area contributed by atoms with Gasteiger partial charge in [0.2, 0.25) is 0 Å². The number of amidine groups is 1. The zero-order valence-corrected chi connectivity index (χ0v) is 9.25. The molecule has 5 heteroatoms. The zero-order chi connectivity index (χ0) is 10.8. The molecule has 0 aromatic carbocycles. The molecule has 0 fully saturated rings. The van der Waals surface area contributed by atoms with Gasteiger partial charge >= 0.3 is 6.03 Å². The number of nitrogens with one attached hydrogen (secondary N) is 3. The molecule has 0 aromatic heterocycles. The predicted octanol–water partition coefficient (Wildman–Crippen LogP) is 1.39. The second-order valence-corrected chi connectivity index (χ2v) is 3.19. The average molecular weight is 213 g/mol. The van der Waals surface area contributed by atoms with Gasteiger partial charge in [-0.3, -0.25) is 10.7 Å². The molecule has 0 unspecified atom stereocenters. The van der Waals surface area contributed by atoms with E-state index in [1.807, 2.05) is 6.92 Å². The van der Waals surface area contributed by atoms with Crippen LogP contribution in [0.4, 0.5) is 4.79 Å². The summed E-state index contributed by atoms with van der Waals surface area (Å²) in [5.41, 5.74) is 0. The molecule has 0 aromatic rings. The van der Waals surface area contributed by atoms with Crippen LogP contribution in [-0.2, 0) is 0 Å². The van der Waals surface area contributed by atoms with Crippen molar-refractivity contribution in [3.8, 4) is 11.8 Å². The number of hydrogen-bond donors (Lipinski definition) is 3. The summed E-state index contributed by atoms with van der Waals surface area (Å²) < 4.78 is 0. The lowest BCUT2D eigenvalue weighted by Gasteiger charge is -2.04. The van der Waals surface area contributed by atoms with Crippen LogP contribution < -0.4 is 10.6 Å². The molecule has 14 heavy (non-hydrogen) atoms. The van der Waals surface area contributed by atoms with Crippen LogP contribution in [0.3, 0.4) is 0 Å². The van der Waals surface area contributed by atoms with Gasteiger partial charge in [-0.05, 0) is 6.26 Å². The predicted molar refractivity (Wildman–Crippen MR) is 60.5 cm³/mol. The number of carbonyl (C=O) groups is 1. The molecule has 0 spiro atoms. The first kappa shape index (κ1) is 12.8. The molecule has 0 rings (SSSR count). The first-order chi connectivity index (χ1) is 6.70. The van der Waals surface area contributed by atoms with Gasteiger partial charge in [0.1, 0.15) is 0 Å². The molecule has 0 aliphatic rings. The van der Waals surface area contributed by atoms with Crippen molar-refractivity contribution < 1.29 is 4.79 Å². The Morgan fingerprint density at radius 1 is 1.50 bits per heavy atom. The third-order valence-corrected chi connectivity index (χ3v) is 1.78. The van der Waals surface area contributed by atoms with Crippen molar-refractivity contribution in [1.29, 1.82) is 5.41 Å². The Kier molecular flexibility index (Phi) is 7.75. The highest BCUT2D eigenvalue weighted by Crippen LogP contribution is 1.89. The number of hydrogen-bond acceptors (Lipinski definition) is 3. The lowest BCUT2D eigenvalue weighted by Crippen LogP contribution is -2.38. The standard InChI is InChI=1S/C9H15N3OS/c1-3-4-5-6-7-11-9(13)12-8(10)14-2/h3,6-7H2,1-2H3,(H3,10,11,12,13). The van der Waals surface area contributed by atoms with E-state index in [9.17, 15) is 4.79 Å². The lowest BCUT2D eigenvalue weighted by molar-refractivity contribution is 0.245. The van der Waals surface area contributed by atoms with Crippen LogP contribution in [0.1, 0.15) is 19.8 Å². The molecule has 0 heterocycles. The summed E-state index contributed by atoms with van der Waals surface area (Å²) in [6, 6.07) is -0.345. The zero-order valence-electron chi connectivity index (χ0n) is 8.44. The molecule has 0 saturated heterocycles. The van der Waals surface area contributed by atoms with Crippen molar-refractivity contribution in [3.63, 3.8) is 0 Å². The quantitative estimate of drug-likeness (QED) is 0.281. The van der Waals surface area contributed by atoms with Crippen LogP contribution in [-0.4, -0.2) is 24.0 Å². The average Bonchev–Trinajstić information content (AvgIpc) is 2.17. The van der Waals surface area contributed by atoms with E-state index in [1.54, 1.807) is 6.26 Å². The minimum absolute atomic E-state index is 0.141. The summed E-state index contributed by atoms with van der Waals surface area (Å²) in [7, 11) is 0. The maximum Gasteiger partial charge on any atom is 0.320 e. The lowest BCUT2D eigenvalue weighted by atomic mass is 10.4. The minimum Gasteiger partial charge on any atom is -0.337 e. The highest BCUT2D eigenvalue weighted by Gasteiger charge is 2.00. The third-order valence-electron chi connectivity index (χ3n) is 1.27. The van der Waals surface area contributed by atoms with Crippen molar-refractivity contribution in [2.24, 2.45) is 0 Å². The van der Waals surface area contributed by atoms with Crippen LogP contribution in [0.5, 0.6) is 0 Å². The van der Waals surface area contributed by atoms with E-state index in [4.69, 9.17) is 5.41 Å². The van der Waals surface area contributed by atoms with Crippen molar-refractivity contribution in [2.45, 2.75) is 19.8 Å². The number of carbonyl (C=O) groups excluding carboxylic acids is 1. The highest BCUT2D eigenvalue weighted by molar-refractivity contribution is 8.13. The third kappa shape index (κ3) is 7.50. The fourth-order valence-electron chi connectivity index (χ4n) is 0.650. The Balaban J connectivity index is 3.49. The summed E-state index contributed by atoms with van der Waals surface area (Å²) in [6.45, 7) is 2.49. The van der Waals surface area contributed by atoms with Gasteiger partial charge in [-0.2, -0.15) is 0 Å². The molecule has 0 radical (unpaired) electrons. The smallest absolute Gasteiger partial charge is 0.320 e. The fourth-order valence-corrected chi connectivity index (χ4v) is 0.845. The van der Waals surface area contributed by atoms with Gasteiger partial charge in [-0.1, -0.05) is 18.7 Å². The SMILES string of the molecule is CCC#CCCNC(=O)NC(=N)SC. The molecule has 0 bridgehead atoms. The monoisotopic (exact) mass is 213 g/mol. The maximum absolute atomic E-state index is 11.0. The topological polar surface area (TPSA) is 65.0 Å². The summed E-state index contributed by atoms with van der Waals surface area (Å²) in [6.07, 6.45) is 3.21. The van der Waals surface area contributed by atoms with Crippen LogP contribution in [0.2, 0.25) is 0 Å². The van der Waals surface area contributed by atoms with Gasteiger partial charge in [0, 0.05) is 19.4 Å². The van der Waals surface area contributed by atoms with Crippen LogP contribution >= 0.6 is 11.8 Å². The molecule has 78 valence electrons. The second kappa shape index (κ2) is 8.45. The number of thioether (sulfide) groups is 1. The number of amides is 2. The molecule has 0 aliphatic heterocycles. The molecule has 4 nitrogen and oxygen atoms in total. The second-order valence-electron chi connectivity index (χ2n) is 2.37. The van der Waals surface area contributed by atoms with Gasteiger partial charge in [0.05, 0.1) is 0 Å². The Labute approximate surface area is 88.7 Å². The first-order valence-electron chi connectivity index (χ1n) is 4.33. The van der Waals surface area contributed by atoms with Crippen LogP contribution in [0.25, 0.3) is 0 Å². The molecule has 0 atom stereocenters. The fraction of sp³-hybridized carbons (Fsp3) is 0.556. The van der Waals surface area contributed by atoms with Crippen molar-refractivity contribution in [3.05, 3.63) is 0 Å². The maximum atomic E-state index is 11.0. The summed E-state index contributed by atoms with van der Waals surface area (Å²) in [5.74, 6) is 5.81. The Bertz CT molecular complexity index is 255. The van der Waals surface area contributed by atoms with Gasteiger partial charge in [0.25, 0.3) is 0 Å². The van der Waals surface area contributed by atoms with Gasteiger partial charge in [0.15, 0.2) is 5.17 Å². The molecule has 0 aliphatic carbocycles. The minimum atomic E-state index is -0.345. The van der Waals surface area contributed by atoms with Gasteiger partial charge in [-0.25, -0.2) is 4.79 Å². The molecule has 2 amide bonds. The van der Waals surface area contributed by atoms with E-state index in [1.165, 1.54) is 11.8 Å². The summed E-state index contributed by atoms with van der Waals surface area (Å²) in [4.78, 5) is 11.0. The Morgan fingerprint density at radius 2 is 2.21 bits per heavy atom. The molecular weight excluding hydrogens is 198 g/mol. The van der Waals surface area contributed by atoms with Crippen molar-refractivity contribution in [1.82, 2.24) is 10.6 Å². The Hall–Kier alpha value is -1.15. The molecule has 0 saturated carbocycles. The summed E-state index contributed by atoms with van der Waals surface area (Å²) >= 11 is 1.18. The number of urea groups is 1. The molecular formula is C9H15N3OS. The Morgan fingerprint density at radius 3 is 2.79 bits per heavy atom. The summed E-state index contributed by atoms with van der Waals surface area (Å²) in [5, 5.41) is 12.3. The van der Waals surface area contributed by atoms with Crippen molar-refractivity contribution >= 4 is 23.0 Å². The van der Waals surface area contributed by atoms with Crippen molar-refractivity contribution in [2.75, 3.05) is 12.8 Å². The van der Waals surface area contributed by atoms with E-state index in [0.717, 1.165) is 6.42 Å². The van der Waals surface area contributed by atoms with Gasteiger partial charge in [-0.15, -0.1) is 11.8 Å². The highest BCUT2D eigenvalue weighted by atomic mass is 32.2. The van der Waals surface area contributed by atoms with Gasteiger partial charge < -0.3 is 5.32 Å².